The number of hydrogen-bond acceptors (Lipinski definition) is 4. The van der Waals surface area contributed by atoms with Crippen molar-refractivity contribution in [2.24, 2.45) is 0 Å². The summed E-state index contributed by atoms with van der Waals surface area (Å²) in [6.45, 7) is 1.71. The molecule has 0 radical (unpaired) electrons. The SMILES string of the molecule is Cc1cccc(OCC(=O)Nc2cnccc2C(=O)O)c1. The van der Waals surface area contributed by atoms with Gasteiger partial charge in [0.2, 0.25) is 0 Å². The summed E-state index contributed by atoms with van der Waals surface area (Å²) in [5, 5.41) is 11.5. The minimum Gasteiger partial charge on any atom is -0.484 e. The van der Waals surface area contributed by atoms with Gasteiger partial charge in [-0.3, -0.25) is 9.78 Å². The van der Waals surface area contributed by atoms with Crippen molar-refractivity contribution >= 4 is 17.6 Å². The molecule has 6 heteroatoms. The summed E-state index contributed by atoms with van der Waals surface area (Å²) in [4.78, 5) is 26.6. The normalized spacial score (nSPS) is 9.95. The lowest BCUT2D eigenvalue weighted by Crippen LogP contribution is -2.21. The van der Waals surface area contributed by atoms with Crippen molar-refractivity contribution in [2.45, 2.75) is 6.92 Å². The van der Waals surface area contributed by atoms with E-state index >= 15 is 0 Å². The number of anilines is 1. The van der Waals surface area contributed by atoms with E-state index in [2.05, 4.69) is 10.3 Å². The minimum atomic E-state index is -1.13. The predicted octanol–water partition coefficient (Wildman–Crippen LogP) is 2.11. The van der Waals surface area contributed by atoms with Crippen LogP contribution in [0, 0.1) is 6.92 Å². The van der Waals surface area contributed by atoms with E-state index in [0.717, 1.165) is 5.56 Å². The molecule has 0 saturated carbocycles. The molecule has 0 bridgehead atoms. The first-order valence-electron chi connectivity index (χ1n) is 6.23. The van der Waals surface area contributed by atoms with Crippen LogP contribution >= 0.6 is 0 Å². The van der Waals surface area contributed by atoms with Crippen molar-refractivity contribution in [1.29, 1.82) is 0 Å². The summed E-state index contributed by atoms with van der Waals surface area (Å²) in [6, 6.07) is 8.61. The Morgan fingerprint density at radius 3 is 2.86 bits per heavy atom. The van der Waals surface area contributed by atoms with Crippen LogP contribution in [0.5, 0.6) is 5.75 Å². The fourth-order valence-electron chi connectivity index (χ4n) is 1.72. The Kier molecular flexibility index (Phi) is 4.50. The van der Waals surface area contributed by atoms with Gasteiger partial charge in [0.1, 0.15) is 5.75 Å². The second-order valence-corrected chi connectivity index (χ2v) is 4.38. The number of aromatic carboxylic acids is 1. The van der Waals surface area contributed by atoms with E-state index < -0.39 is 11.9 Å². The smallest absolute Gasteiger partial charge is 0.337 e. The highest BCUT2D eigenvalue weighted by Gasteiger charge is 2.12. The first-order chi connectivity index (χ1) is 10.1. The number of aryl methyl sites for hydroxylation is 1. The van der Waals surface area contributed by atoms with Gasteiger partial charge in [-0.2, -0.15) is 0 Å². The third-order valence-electron chi connectivity index (χ3n) is 2.69. The third-order valence-corrected chi connectivity index (χ3v) is 2.69. The quantitative estimate of drug-likeness (QED) is 0.878. The summed E-state index contributed by atoms with van der Waals surface area (Å²) in [7, 11) is 0. The van der Waals surface area contributed by atoms with Crippen molar-refractivity contribution in [2.75, 3.05) is 11.9 Å². The summed E-state index contributed by atoms with van der Waals surface area (Å²) < 4.78 is 5.34. The average Bonchev–Trinajstić information content (AvgIpc) is 2.45. The van der Waals surface area contributed by atoms with Gasteiger partial charge in [0, 0.05) is 6.20 Å². The molecule has 1 amide bonds. The number of nitrogens with one attached hydrogen (secondary N) is 1. The molecule has 2 aromatic rings. The first-order valence-corrected chi connectivity index (χ1v) is 6.23. The third kappa shape index (κ3) is 4.04. The summed E-state index contributed by atoms with van der Waals surface area (Å²) >= 11 is 0. The zero-order valence-electron chi connectivity index (χ0n) is 11.4. The zero-order chi connectivity index (χ0) is 15.2. The van der Waals surface area contributed by atoms with Crippen LogP contribution in [0.2, 0.25) is 0 Å². The lowest BCUT2D eigenvalue weighted by atomic mass is 10.2. The molecule has 108 valence electrons. The number of hydrogen-bond donors (Lipinski definition) is 2. The molecule has 6 nitrogen and oxygen atoms in total. The molecule has 1 aromatic carbocycles. The number of rotatable bonds is 5. The second-order valence-electron chi connectivity index (χ2n) is 4.38. The number of carbonyl (C=O) groups is 2. The molecular formula is C15H14N2O4. The highest BCUT2D eigenvalue weighted by Crippen LogP contribution is 2.14. The van der Waals surface area contributed by atoms with Gasteiger partial charge in [0.15, 0.2) is 6.61 Å². The van der Waals surface area contributed by atoms with Gasteiger partial charge in [-0.1, -0.05) is 12.1 Å². The highest BCUT2D eigenvalue weighted by molar-refractivity contribution is 6.00. The molecule has 0 aliphatic rings. The Labute approximate surface area is 121 Å². The fraction of sp³-hybridized carbons (Fsp3) is 0.133. The Balaban J connectivity index is 1.98. The molecule has 1 aromatic heterocycles. The number of aromatic nitrogens is 1. The molecule has 0 aliphatic heterocycles. The number of carboxylic acid groups (broad SMARTS) is 1. The van der Waals surface area contributed by atoms with Crippen molar-refractivity contribution in [1.82, 2.24) is 4.98 Å². The number of amides is 1. The van der Waals surface area contributed by atoms with E-state index in [1.54, 1.807) is 12.1 Å². The molecule has 2 N–H and O–H groups in total. The van der Waals surface area contributed by atoms with Crippen LogP contribution < -0.4 is 10.1 Å². The first kappa shape index (κ1) is 14.5. The van der Waals surface area contributed by atoms with E-state index in [4.69, 9.17) is 9.84 Å². The van der Waals surface area contributed by atoms with Crippen molar-refractivity contribution in [3.05, 3.63) is 53.9 Å². The van der Waals surface area contributed by atoms with Crippen LogP contribution in [0.25, 0.3) is 0 Å². The number of carbonyl (C=O) groups excluding carboxylic acids is 1. The summed E-state index contributed by atoms with van der Waals surface area (Å²) in [5.41, 5.74) is 1.14. The number of benzene rings is 1. The molecule has 21 heavy (non-hydrogen) atoms. The maximum Gasteiger partial charge on any atom is 0.337 e. The van der Waals surface area contributed by atoms with Gasteiger partial charge in [0.05, 0.1) is 17.4 Å². The molecule has 1 heterocycles. The van der Waals surface area contributed by atoms with Crippen molar-refractivity contribution in [3.8, 4) is 5.75 Å². The summed E-state index contributed by atoms with van der Waals surface area (Å²) in [5.74, 6) is -1.01. The monoisotopic (exact) mass is 286 g/mol. The van der Waals surface area contributed by atoms with Crippen molar-refractivity contribution in [3.63, 3.8) is 0 Å². The number of carboxylic acids is 1. The molecule has 0 unspecified atom stereocenters. The molecule has 2 rings (SSSR count). The van der Waals surface area contributed by atoms with E-state index in [1.165, 1.54) is 18.5 Å². The Morgan fingerprint density at radius 2 is 2.14 bits per heavy atom. The number of ether oxygens (including phenoxy) is 1. The van der Waals surface area contributed by atoms with Gasteiger partial charge < -0.3 is 15.2 Å². The van der Waals surface area contributed by atoms with Crippen LogP contribution in [-0.4, -0.2) is 28.6 Å². The van der Waals surface area contributed by atoms with E-state index in [1.807, 2.05) is 19.1 Å². The van der Waals surface area contributed by atoms with E-state index in [9.17, 15) is 9.59 Å². The molecule has 0 saturated heterocycles. The van der Waals surface area contributed by atoms with E-state index in [-0.39, 0.29) is 17.9 Å². The molecule has 0 fully saturated rings. The van der Waals surface area contributed by atoms with Crippen molar-refractivity contribution < 1.29 is 19.4 Å². The van der Waals surface area contributed by atoms with Gasteiger partial charge in [-0.25, -0.2) is 4.79 Å². The Hall–Kier alpha value is -2.89. The van der Waals surface area contributed by atoms with Crippen LogP contribution in [0.1, 0.15) is 15.9 Å². The lowest BCUT2D eigenvalue weighted by Gasteiger charge is -2.09. The van der Waals surface area contributed by atoms with Gasteiger partial charge in [-0.15, -0.1) is 0 Å². The zero-order valence-corrected chi connectivity index (χ0v) is 11.4. The fourth-order valence-corrected chi connectivity index (χ4v) is 1.72. The van der Waals surface area contributed by atoms with Gasteiger partial charge >= 0.3 is 5.97 Å². The van der Waals surface area contributed by atoms with Crippen LogP contribution in [0.3, 0.4) is 0 Å². The maximum atomic E-state index is 11.8. The molecule has 0 atom stereocenters. The minimum absolute atomic E-state index is 0.0195. The summed E-state index contributed by atoms with van der Waals surface area (Å²) in [6.07, 6.45) is 2.64. The maximum absolute atomic E-state index is 11.8. The topological polar surface area (TPSA) is 88.5 Å². The standard InChI is InChI=1S/C15H14N2O4/c1-10-3-2-4-11(7-10)21-9-14(18)17-13-8-16-6-5-12(13)15(19)20/h2-8H,9H2,1H3,(H,17,18)(H,19,20). The molecular weight excluding hydrogens is 272 g/mol. The second kappa shape index (κ2) is 6.51. The lowest BCUT2D eigenvalue weighted by molar-refractivity contribution is -0.118. The predicted molar refractivity (Wildman–Crippen MR) is 76.5 cm³/mol. The number of pyridine rings is 1. The van der Waals surface area contributed by atoms with Crippen LogP contribution in [-0.2, 0) is 4.79 Å². The van der Waals surface area contributed by atoms with Gasteiger partial charge in [-0.05, 0) is 30.7 Å². The van der Waals surface area contributed by atoms with Crippen LogP contribution in [0.4, 0.5) is 5.69 Å². The Bertz CT molecular complexity index is 670. The molecule has 0 aliphatic carbocycles. The highest BCUT2D eigenvalue weighted by atomic mass is 16.5. The Morgan fingerprint density at radius 1 is 1.33 bits per heavy atom. The molecule has 0 spiro atoms. The van der Waals surface area contributed by atoms with E-state index in [0.29, 0.717) is 5.75 Å². The average molecular weight is 286 g/mol. The largest absolute Gasteiger partial charge is 0.484 e. The number of nitrogens with zero attached hydrogens (tertiary/aromatic N) is 1. The van der Waals surface area contributed by atoms with Gasteiger partial charge in [0.25, 0.3) is 5.91 Å². The van der Waals surface area contributed by atoms with Crippen LogP contribution in [0.15, 0.2) is 42.7 Å².